The molecule has 0 aliphatic carbocycles. The summed E-state index contributed by atoms with van der Waals surface area (Å²) in [5.74, 6) is 0.813. The Morgan fingerprint density at radius 2 is 1.69 bits per heavy atom. The Kier molecular flexibility index (Phi) is 11.2. The quantitative estimate of drug-likeness (QED) is 0.653. The van der Waals surface area contributed by atoms with Crippen LogP contribution in [0.25, 0.3) is 0 Å². The number of β-amino-alcohol motifs (C(OH)–C–C–N with tert-alkyl or cyclic N) is 1. The molecule has 7 heteroatoms. The minimum absolute atomic E-state index is 0. The highest BCUT2D eigenvalue weighted by molar-refractivity contribution is 6.30. The van der Waals surface area contributed by atoms with Crippen molar-refractivity contribution in [1.82, 2.24) is 4.90 Å². The van der Waals surface area contributed by atoms with Crippen LogP contribution in [0.2, 0.25) is 5.02 Å². The highest BCUT2D eigenvalue weighted by Crippen LogP contribution is 2.25. The maximum atomic E-state index is 10.3. The molecule has 1 fully saturated rings. The molecule has 0 bridgehead atoms. The van der Waals surface area contributed by atoms with Gasteiger partial charge in [-0.3, -0.25) is 4.90 Å². The lowest BCUT2D eigenvalue weighted by Crippen LogP contribution is -2.49. The molecule has 1 heterocycles. The first-order chi connectivity index (χ1) is 13.0. The number of ether oxygens (including phenoxy) is 1. The number of anilines is 1. The largest absolute Gasteiger partial charge is 0.491 e. The SMILES string of the molecule is CCc1ccc(OCC(O)CN2CCN(c3cc(Cl)ccc3C)CC2)cc1.Cl.Cl. The molecule has 0 saturated carbocycles. The minimum atomic E-state index is -0.490. The molecular formula is C22H31Cl3N2O2. The molecule has 0 spiro atoms. The van der Waals surface area contributed by atoms with Gasteiger partial charge in [-0.1, -0.05) is 36.7 Å². The summed E-state index contributed by atoms with van der Waals surface area (Å²) >= 11 is 6.15. The molecule has 1 N–H and O–H groups in total. The van der Waals surface area contributed by atoms with Gasteiger partial charge in [-0.05, 0) is 48.7 Å². The molecule has 1 aliphatic rings. The van der Waals surface area contributed by atoms with Gasteiger partial charge in [0.2, 0.25) is 0 Å². The molecule has 1 saturated heterocycles. The van der Waals surface area contributed by atoms with Crippen LogP contribution in [0, 0.1) is 6.92 Å². The van der Waals surface area contributed by atoms with Crippen molar-refractivity contribution in [3.8, 4) is 5.75 Å². The van der Waals surface area contributed by atoms with Crippen molar-refractivity contribution in [3.05, 3.63) is 58.6 Å². The number of hydrogen-bond acceptors (Lipinski definition) is 4. The summed E-state index contributed by atoms with van der Waals surface area (Å²) in [6.07, 6.45) is 0.527. The summed E-state index contributed by atoms with van der Waals surface area (Å²) in [5.41, 5.74) is 3.74. The van der Waals surface area contributed by atoms with E-state index in [2.05, 4.69) is 41.8 Å². The van der Waals surface area contributed by atoms with Crippen LogP contribution in [-0.4, -0.2) is 55.4 Å². The van der Waals surface area contributed by atoms with E-state index in [-0.39, 0.29) is 24.8 Å². The zero-order valence-corrected chi connectivity index (χ0v) is 19.4. The van der Waals surface area contributed by atoms with E-state index in [1.807, 2.05) is 24.3 Å². The fourth-order valence-electron chi connectivity index (χ4n) is 3.46. The topological polar surface area (TPSA) is 35.9 Å². The number of aliphatic hydroxyl groups is 1. The molecule has 2 aromatic carbocycles. The van der Waals surface area contributed by atoms with Crippen LogP contribution in [0.5, 0.6) is 5.75 Å². The second-order valence-corrected chi connectivity index (χ2v) is 7.62. The highest BCUT2D eigenvalue weighted by atomic mass is 35.5. The molecule has 162 valence electrons. The molecular weight excluding hydrogens is 431 g/mol. The molecule has 1 aliphatic heterocycles. The van der Waals surface area contributed by atoms with Gasteiger partial charge < -0.3 is 14.7 Å². The number of rotatable bonds is 7. The highest BCUT2D eigenvalue weighted by Gasteiger charge is 2.20. The first-order valence-corrected chi connectivity index (χ1v) is 10.1. The Labute approximate surface area is 191 Å². The second kappa shape index (κ2) is 12.5. The van der Waals surface area contributed by atoms with E-state index in [1.165, 1.54) is 16.8 Å². The van der Waals surface area contributed by atoms with Gasteiger partial charge >= 0.3 is 0 Å². The van der Waals surface area contributed by atoms with Crippen molar-refractivity contribution >= 4 is 42.1 Å². The fourth-order valence-corrected chi connectivity index (χ4v) is 3.63. The summed E-state index contributed by atoms with van der Waals surface area (Å²) in [7, 11) is 0. The summed E-state index contributed by atoms with van der Waals surface area (Å²) in [6, 6.07) is 14.1. The van der Waals surface area contributed by atoms with Crippen LogP contribution in [-0.2, 0) is 6.42 Å². The molecule has 29 heavy (non-hydrogen) atoms. The minimum Gasteiger partial charge on any atom is -0.491 e. The smallest absolute Gasteiger partial charge is 0.119 e. The Morgan fingerprint density at radius 1 is 1.03 bits per heavy atom. The van der Waals surface area contributed by atoms with Crippen molar-refractivity contribution in [2.24, 2.45) is 0 Å². The molecule has 1 atom stereocenters. The van der Waals surface area contributed by atoms with Crippen molar-refractivity contribution in [3.63, 3.8) is 0 Å². The normalized spacial score (nSPS) is 15.2. The van der Waals surface area contributed by atoms with E-state index in [0.717, 1.165) is 43.4 Å². The lowest BCUT2D eigenvalue weighted by Gasteiger charge is -2.37. The van der Waals surface area contributed by atoms with Crippen molar-refractivity contribution < 1.29 is 9.84 Å². The van der Waals surface area contributed by atoms with Crippen LogP contribution >= 0.6 is 36.4 Å². The lowest BCUT2D eigenvalue weighted by molar-refractivity contribution is 0.0663. The number of hydrogen-bond donors (Lipinski definition) is 1. The number of halogens is 3. The van der Waals surface area contributed by atoms with Crippen molar-refractivity contribution in [1.29, 1.82) is 0 Å². The van der Waals surface area contributed by atoms with E-state index in [1.54, 1.807) is 0 Å². The number of piperazine rings is 1. The van der Waals surface area contributed by atoms with Crippen LogP contribution < -0.4 is 9.64 Å². The van der Waals surface area contributed by atoms with Crippen LogP contribution in [0.4, 0.5) is 5.69 Å². The molecule has 3 rings (SSSR count). The first kappa shape index (κ1) is 25.9. The third-order valence-corrected chi connectivity index (χ3v) is 5.36. The van der Waals surface area contributed by atoms with E-state index < -0.39 is 6.10 Å². The summed E-state index contributed by atoms with van der Waals surface area (Å²) in [5, 5.41) is 11.1. The van der Waals surface area contributed by atoms with Crippen LogP contribution in [0.3, 0.4) is 0 Å². The third kappa shape index (κ3) is 7.54. The molecule has 4 nitrogen and oxygen atoms in total. The number of aliphatic hydroxyl groups excluding tert-OH is 1. The van der Waals surface area contributed by atoms with E-state index in [0.29, 0.717) is 13.2 Å². The van der Waals surface area contributed by atoms with Gasteiger partial charge in [0.15, 0.2) is 0 Å². The summed E-state index contributed by atoms with van der Waals surface area (Å²) in [6.45, 7) is 8.93. The van der Waals surface area contributed by atoms with Gasteiger partial charge in [0.1, 0.15) is 18.5 Å². The van der Waals surface area contributed by atoms with Gasteiger partial charge in [0.25, 0.3) is 0 Å². The number of nitrogens with zero attached hydrogens (tertiary/aromatic N) is 2. The van der Waals surface area contributed by atoms with Gasteiger partial charge in [-0.2, -0.15) is 0 Å². The zero-order chi connectivity index (χ0) is 19.2. The lowest BCUT2D eigenvalue weighted by atomic mass is 10.1. The standard InChI is InChI=1S/C22H29ClN2O2.2ClH/c1-3-18-5-8-21(9-6-18)27-16-20(26)15-24-10-12-25(13-11-24)22-14-19(23)7-4-17(22)2;;/h4-9,14,20,26H,3,10-13,15-16H2,1-2H3;2*1H. The van der Waals surface area contributed by atoms with Gasteiger partial charge in [0, 0.05) is 43.4 Å². The zero-order valence-electron chi connectivity index (χ0n) is 17.0. The first-order valence-electron chi connectivity index (χ1n) is 9.68. The Bertz CT molecular complexity index is 735. The Hall–Kier alpha value is -1.17. The average Bonchev–Trinajstić information content (AvgIpc) is 2.69. The van der Waals surface area contributed by atoms with Crippen molar-refractivity contribution in [2.75, 3.05) is 44.2 Å². The molecule has 0 aromatic heterocycles. The monoisotopic (exact) mass is 460 g/mol. The molecule has 0 amide bonds. The molecule has 0 radical (unpaired) electrons. The van der Waals surface area contributed by atoms with Crippen molar-refractivity contribution in [2.45, 2.75) is 26.4 Å². The summed E-state index contributed by atoms with van der Waals surface area (Å²) in [4.78, 5) is 4.67. The van der Waals surface area contributed by atoms with E-state index >= 15 is 0 Å². The fraction of sp³-hybridized carbons (Fsp3) is 0.455. The predicted molar refractivity (Wildman–Crippen MR) is 127 cm³/mol. The molecule has 1 unspecified atom stereocenters. The average molecular weight is 462 g/mol. The summed E-state index contributed by atoms with van der Waals surface area (Å²) < 4.78 is 5.73. The van der Waals surface area contributed by atoms with Gasteiger partial charge in [-0.15, -0.1) is 24.8 Å². The van der Waals surface area contributed by atoms with Crippen LogP contribution in [0.15, 0.2) is 42.5 Å². The Balaban J connectivity index is 0.00000210. The Morgan fingerprint density at radius 3 is 2.31 bits per heavy atom. The maximum absolute atomic E-state index is 10.3. The number of aryl methyl sites for hydroxylation is 2. The van der Waals surface area contributed by atoms with Gasteiger partial charge in [0.05, 0.1) is 0 Å². The van der Waals surface area contributed by atoms with E-state index in [4.69, 9.17) is 16.3 Å². The predicted octanol–water partition coefficient (Wildman–Crippen LogP) is 4.62. The molecule has 2 aromatic rings. The van der Waals surface area contributed by atoms with Crippen LogP contribution in [0.1, 0.15) is 18.1 Å². The van der Waals surface area contributed by atoms with E-state index in [9.17, 15) is 5.11 Å². The second-order valence-electron chi connectivity index (χ2n) is 7.18. The van der Waals surface area contributed by atoms with Gasteiger partial charge in [-0.25, -0.2) is 0 Å². The number of benzene rings is 2. The third-order valence-electron chi connectivity index (χ3n) is 5.13. The maximum Gasteiger partial charge on any atom is 0.119 e.